The van der Waals surface area contributed by atoms with E-state index in [-0.39, 0.29) is 22.9 Å². The second-order valence-corrected chi connectivity index (χ2v) is 16.5. The molecule has 0 aliphatic carbocycles. The summed E-state index contributed by atoms with van der Waals surface area (Å²) in [6, 6.07) is 32.2. The number of nitrogens with zero attached hydrogens (tertiary/aromatic N) is 1. The zero-order valence-corrected chi connectivity index (χ0v) is 26.3. The molecule has 0 fully saturated rings. The van der Waals surface area contributed by atoms with Crippen LogP contribution in [0.5, 0.6) is 0 Å². The first-order valence-electron chi connectivity index (χ1n) is 14.6. The fourth-order valence-corrected chi connectivity index (χ4v) is 10.7. The number of amides is 2. The molecule has 4 aromatic rings. The van der Waals surface area contributed by atoms with Crippen LogP contribution in [0.4, 0.5) is 0 Å². The molecule has 0 N–H and O–H groups in total. The number of hydrogen-bond donors (Lipinski definition) is 0. The van der Waals surface area contributed by atoms with Crippen LogP contribution in [0.3, 0.4) is 0 Å². The molecule has 1 unspecified atom stereocenters. The van der Waals surface area contributed by atoms with Crippen molar-refractivity contribution in [2.45, 2.75) is 59.2 Å². The normalized spacial score (nSPS) is 14.5. The molecule has 214 valence electrons. The summed E-state index contributed by atoms with van der Waals surface area (Å²) >= 11 is 0. The van der Waals surface area contributed by atoms with Gasteiger partial charge in [0.1, 0.15) is 0 Å². The maximum Gasteiger partial charge on any atom is 0.262 e. The average Bonchev–Trinajstić information content (AvgIpc) is 3.24. The average molecular weight is 574 g/mol. The second kappa shape index (κ2) is 11.7. The Kier molecular flexibility index (Phi) is 8.18. The number of fused-ring (bicyclic) bond motifs is 1. The molecule has 5 rings (SSSR count). The fourth-order valence-electron chi connectivity index (χ4n) is 6.16. The Hall–Kier alpha value is -4.06. The molecular weight excluding hydrogens is 534 g/mol. The summed E-state index contributed by atoms with van der Waals surface area (Å²) in [6.45, 7) is 13.5. The monoisotopic (exact) mass is 573 g/mol. The molecule has 0 saturated heterocycles. The summed E-state index contributed by atoms with van der Waals surface area (Å²) in [5, 5.41) is 2.39. The number of benzene rings is 4. The number of hydrogen-bond acceptors (Lipinski definition) is 3. The number of carbonyl (C=O) groups is 2. The minimum absolute atomic E-state index is 0.114. The molecule has 1 aliphatic rings. The molecule has 2 amide bonds. The summed E-state index contributed by atoms with van der Waals surface area (Å²) in [5.74, 6) is -0.486. The fraction of sp³-hybridized carbons (Fsp3) is 0.243. The quantitative estimate of drug-likeness (QED) is 0.167. The van der Waals surface area contributed by atoms with Crippen molar-refractivity contribution in [3.63, 3.8) is 0 Å². The van der Waals surface area contributed by atoms with E-state index in [1.54, 1.807) is 24.3 Å². The van der Waals surface area contributed by atoms with Gasteiger partial charge in [-0.1, -0.05) is 118 Å². The van der Waals surface area contributed by atoms with Gasteiger partial charge >= 0.3 is 0 Å². The van der Waals surface area contributed by atoms with Gasteiger partial charge in [0, 0.05) is 0 Å². The first kappa shape index (κ1) is 29.4. The van der Waals surface area contributed by atoms with E-state index in [2.05, 4.69) is 107 Å². The van der Waals surface area contributed by atoms with Crippen molar-refractivity contribution in [2.24, 2.45) is 0 Å². The van der Waals surface area contributed by atoms with Gasteiger partial charge in [-0.3, -0.25) is 14.5 Å². The van der Waals surface area contributed by atoms with Gasteiger partial charge in [0.05, 0.1) is 23.8 Å². The largest absolute Gasteiger partial charge is 0.403 e. The summed E-state index contributed by atoms with van der Waals surface area (Å²) in [5.41, 5.74) is 5.47. The predicted molar refractivity (Wildman–Crippen MR) is 174 cm³/mol. The molecule has 0 bridgehead atoms. The highest BCUT2D eigenvalue weighted by Crippen LogP contribution is 2.38. The summed E-state index contributed by atoms with van der Waals surface area (Å²) < 4.78 is 7.26. The molecular formula is C37H39NO3Si. The summed E-state index contributed by atoms with van der Waals surface area (Å²) in [6.07, 6.45) is 3.96. The zero-order valence-electron chi connectivity index (χ0n) is 25.3. The van der Waals surface area contributed by atoms with E-state index in [9.17, 15) is 9.59 Å². The molecule has 0 saturated carbocycles. The van der Waals surface area contributed by atoms with Gasteiger partial charge in [0.2, 0.25) is 0 Å². The van der Waals surface area contributed by atoms with Crippen LogP contribution < -0.4 is 10.4 Å². The Morgan fingerprint density at radius 1 is 0.762 bits per heavy atom. The highest BCUT2D eigenvalue weighted by atomic mass is 28.4. The Balaban J connectivity index is 1.46. The van der Waals surface area contributed by atoms with Crippen LogP contribution in [0, 0.1) is 13.8 Å². The lowest BCUT2D eigenvalue weighted by molar-refractivity contribution is 0.0625. The van der Waals surface area contributed by atoms with Crippen LogP contribution in [-0.2, 0) is 11.0 Å². The van der Waals surface area contributed by atoms with Crippen molar-refractivity contribution in [1.82, 2.24) is 4.90 Å². The van der Waals surface area contributed by atoms with Crippen molar-refractivity contribution in [3.05, 3.63) is 137 Å². The van der Waals surface area contributed by atoms with Crippen LogP contribution in [0.15, 0.2) is 103 Å². The van der Waals surface area contributed by atoms with Crippen molar-refractivity contribution in [3.8, 4) is 0 Å². The number of rotatable bonds is 8. The van der Waals surface area contributed by atoms with Crippen LogP contribution in [0.2, 0.25) is 5.04 Å². The molecule has 1 atom stereocenters. The predicted octanol–water partition coefficient (Wildman–Crippen LogP) is 7.08. The third kappa shape index (κ3) is 5.19. The Bertz CT molecular complexity index is 1560. The molecule has 42 heavy (non-hydrogen) atoms. The Morgan fingerprint density at radius 2 is 1.26 bits per heavy atom. The number of aryl methyl sites for hydroxylation is 1. The Labute approximate surface area is 250 Å². The lowest BCUT2D eigenvalue weighted by Crippen LogP contribution is -2.66. The van der Waals surface area contributed by atoms with Gasteiger partial charge in [-0.15, -0.1) is 0 Å². The van der Waals surface area contributed by atoms with E-state index in [4.69, 9.17) is 4.43 Å². The maximum atomic E-state index is 13.0. The van der Waals surface area contributed by atoms with E-state index >= 15 is 0 Å². The number of carbonyl (C=O) groups excluding carboxylic acids is 2. The first-order chi connectivity index (χ1) is 20.1. The lowest BCUT2D eigenvalue weighted by atomic mass is 9.97. The molecule has 1 heterocycles. The SMILES string of the molecule is Cc1ccc(C=CC(C)N2C(=O)c3ccccc3C2=O)c(C)c1CO[Si](c1ccccc1)(c1ccccc1)C(C)(C)C. The van der Waals surface area contributed by atoms with Crippen molar-refractivity contribution in [1.29, 1.82) is 0 Å². The van der Waals surface area contributed by atoms with Gasteiger partial charge in [-0.25, -0.2) is 0 Å². The smallest absolute Gasteiger partial charge is 0.262 e. The van der Waals surface area contributed by atoms with Crippen LogP contribution in [0.1, 0.15) is 70.7 Å². The highest BCUT2D eigenvalue weighted by Gasteiger charge is 2.50. The number of imide groups is 1. The van der Waals surface area contributed by atoms with Gasteiger partial charge in [-0.05, 0) is 70.6 Å². The van der Waals surface area contributed by atoms with Crippen LogP contribution in [-0.4, -0.2) is 31.1 Å². The topological polar surface area (TPSA) is 46.6 Å². The van der Waals surface area contributed by atoms with Crippen LogP contribution in [0.25, 0.3) is 6.08 Å². The van der Waals surface area contributed by atoms with Crippen molar-refractivity contribution in [2.75, 3.05) is 0 Å². The molecule has 1 aliphatic heterocycles. The minimum Gasteiger partial charge on any atom is -0.403 e. The van der Waals surface area contributed by atoms with Crippen molar-refractivity contribution < 1.29 is 14.0 Å². The van der Waals surface area contributed by atoms with Gasteiger partial charge in [0.25, 0.3) is 20.1 Å². The minimum atomic E-state index is -2.70. The van der Waals surface area contributed by atoms with Crippen molar-refractivity contribution >= 4 is 36.6 Å². The van der Waals surface area contributed by atoms with E-state index in [0.29, 0.717) is 17.7 Å². The lowest BCUT2D eigenvalue weighted by Gasteiger charge is -2.43. The molecule has 4 nitrogen and oxygen atoms in total. The van der Waals surface area contributed by atoms with Gasteiger partial charge in [0.15, 0.2) is 0 Å². The Morgan fingerprint density at radius 3 is 1.76 bits per heavy atom. The maximum absolute atomic E-state index is 13.0. The molecule has 5 heteroatoms. The van der Waals surface area contributed by atoms with Gasteiger partial charge < -0.3 is 4.43 Å². The standard InChI is InChI=1S/C37H39NO3Si/c1-26-21-23-29(24-22-27(2)38-35(39)32-19-13-14-20-33(32)36(38)40)28(3)34(26)25-41-42(37(4,5)6,30-15-9-7-10-16-30)31-17-11-8-12-18-31/h7-24,27H,25H2,1-6H3. The second-order valence-electron chi connectivity index (χ2n) is 12.2. The summed E-state index contributed by atoms with van der Waals surface area (Å²) in [4.78, 5) is 27.3. The van der Waals surface area contributed by atoms with E-state index in [1.165, 1.54) is 26.4 Å². The molecule has 0 spiro atoms. The summed E-state index contributed by atoms with van der Waals surface area (Å²) in [7, 11) is -2.70. The van der Waals surface area contributed by atoms with E-state index < -0.39 is 8.32 Å². The van der Waals surface area contributed by atoms with Gasteiger partial charge in [-0.2, -0.15) is 0 Å². The molecule has 0 radical (unpaired) electrons. The molecule has 4 aromatic carbocycles. The highest BCUT2D eigenvalue weighted by molar-refractivity contribution is 6.99. The molecule has 0 aromatic heterocycles. The third-order valence-corrected chi connectivity index (χ3v) is 13.5. The van der Waals surface area contributed by atoms with E-state index in [0.717, 1.165) is 11.1 Å². The van der Waals surface area contributed by atoms with E-state index in [1.807, 2.05) is 19.1 Å². The zero-order chi connectivity index (χ0) is 30.1. The van der Waals surface area contributed by atoms with Crippen LogP contribution >= 0.6 is 0 Å². The third-order valence-electron chi connectivity index (χ3n) is 8.51. The first-order valence-corrected chi connectivity index (χ1v) is 16.5.